The zero-order valence-electron chi connectivity index (χ0n) is 9.42. The quantitative estimate of drug-likeness (QED) is 0.446. The summed E-state index contributed by atoms with van der Waals surface area (Å²) in [5.41, 5.74) is 6.12. The van der Waals surface area contributed by atoms with E-state index in [4.69, 9.17) is 10.8 Å². The zero-order valence-corrected chi connectivity index (χ0v) is 9.42. The van der Waals surface area contributed by atoms with E-state index in [1.54, 1.807) is 7.05 Å². The number of aliphatic hydroxyl groups is 2. The molecule has 1 aromatic rings. The van der Waals surface area contributed by atoms with Gasteiger partial charge >= 0.3 is 5.97 Å². The van der Waals surface area contributed by atoms with Crippen LogP contribution >= 0.6 is 0 Å². The monoisotopic (exact) mass is 240 g/mol. The summed E-state index contributed by atoms with van der Waals surface area (Å²) in [6, 6.07) is 4.01. The van der Waals surface area contributed by atoms with E-state index < -0.39 is 18.2 Å². The number of carbonyl (C=O) groups is 1. The number of benzene rings is 1. The molecule has 0 amide bonds. The van der Waals surface area contributed by atoms with Crippen LogP contribution in [0, 0.1) is 0 Å². The van der Waals surface area contributed by atoms with Crippen molar-refractivity contribution in [2.75, 3.05) is 19.3 Å². The average Bonchev–Trinajstić information content (AvgIpc) is 2.28. The summed E-state index contributed by atoms with van der Waals surface area (Å²) in [5.74, 6) is -1.11. The van der Waals surface area contributed by atoms with Gasteiger partial charge in [-0.05, 0) is 25.2 Å². The molecule has 0 heterocycles. The second-order valence-electron chi connectivity index (χ2n) is 3.72. The number of carboxylic acids is 1. The first-order chi connectivity index (χ1) is 7.97. The molecule has 1 rings (SSSR count). The van der Waals surface area contributed by atoms with E-state index >= 15 is 0 Å². The summed E-state index contributed by atoms with van der Waals surface area (Å²) in [5, 5.41) is 31.0. The Kier molecular flexibility index (Phi) is 4.45. The number of anilines is 1. The SMILES string of the molecule is CNCC(O)C(O)c1cc(C(=O)O)ccc1N. The topological polar surface area (TPSA) is 116 Å². The van der Waals surface area contributed by atoms with E-state index in [1.807, 2.05) is 0 Å². The smallest absolute Gasteiger partial charge is 0.335 e. The van der Waals surface area contributed by atoms with Gasteiger partial charge in [-0.2, -0.15) is 0 Å². The molecule has 2 atom stereocenters. The maximum Gasteiger partial charge on any atom is 0.335 e. The first kappa shape index (κ1) is 13.4. The van der Waals surface area contributed by atoms with Gasteiger partial charge < -0.3 is 26.4 Å². The van der Waals surface area contributed by atoms with Gasteiger partial charge in [0, 0.05) is 17.8 Å². The highest BCUT2D eigenvalue weighted by atomic mass is 16.4. The van der Waals surface area contributed by atoms with E-state index in [9.17, 15) is 15.0 Å². The fraction of sp³-hybridized carbons (Fsp3) is 0.364. The average molecular weight is 240 g/mol. The van der Waals surface area contributed by atoms with E-state index in [0.717, 1.165) is 0 Å². The van der Waals surface area contributed by atoms with Crippen molar-refractivity contribution >= 4 is 11.7 Å². The first-order valence-corrected chi connectivity index (χ1v) is 5.10. The van der Waals surface area contributed by atoms with Crippen LogP contribution in [-0.2, 0) is 0 Å². The number of hydrogen-bond acceptors (Lipinski definition) is 5. The van der Waals surface area contributed by atoms with Gasteiger partial charge in [0.25, 0.3) is 0 Å². The summed E-state index contributed by atoms with van der Waals surface area (Å²) in [6.07, 6.45) is -2.27. The first-order valence-electron chi connectivity index (χ1n) is 5.10. The third kappa shape index (κ3) is 3.16. The molecule has 1 aromatic carbocycles. The van der Waals surface area contributed by atoms with Crippen LogP contribution in [0.3, 0.4) is 0 Å². The normalized spacial score (nSPS) is 14.3. The van der Waals surface area contributed by atoms with E-state index in [2.05, 4.69) is 5.32 Å². The van der Waals surface area contributed by atoms with Crippen molar-refractivity contribution in [2.24, 2.45) is 0 Å². The van der Waals surface area contributed by atoms with Gasteiger partial charge in [-0.15, -0.1) is 0 Å². The Hall–Kier alpha value is -1.63. The molecular weight excluding hydrogens is 224 g/mol. The van der Waals surface area contributed by atoms with Crippen LogP contribution < -0.4 is 11.1 Å². The van der Waals surface area contributed by atoms with Crippen LogP contribution in [-0.4, -0.2) is 41.0 Å². The molecule has 0 aliphatic rings. The summed E-state index contributed by atoms with van der Waals surface area (Å²) in [4.78, 5) is 10.8. The van der Waals surface area contributed by atoms with Crippen molar-refractivity contribution < 1.29 is 20.1 Å². The Bertz CT molecular complexity index is 408. The summed E-state index contributed by atoms with van der Waals surface area (Å²) >= 11 is 0. The molecular formula is C11H16N2O4. The lowest BCUT2D eigenvalue weighted by molar-refractivity contribution is 0.0206. The number of nitrogens with two attached hydrogens (primary N) is 1. The summed E-state index contributed by atoms with van der Waals surface area (Å²) < 4.78 is 0. The van der Waals surface area contributed by atoms with Gasteiger partial charge in [-0.3, -0.25) is 0 Å². The van der Waals surface area contributed by atoms with Gasteiger partial charge in [0.1, 0.15) is 6.10 Å². The standard InChI is InChI=1S/C11H16N2O4/c1-13-5-9(14)10(15)7-4-6(11(16)17)2-3-8(7)12/h2-4,9-10,13-15H,5,12H2,1H3,(H,16,17). The predicted octanol–water partition coefficient (Wildman–Crippen LogP) is -0.419. The van der Waals surface area contributed by atoms with Gasteiger partial charge in [-0.25, -0.2) is 4.79 Å². The van der Waals surface area contributed by atoms with Crippen LogP contribution in [0.15, 0.2) is 18.2 Å². The predicted molar refractivity (Wildman–Crippen MR) is 62.7 cm³/mol. The Morgan fingerprint density at radius 2 is 2.12 bits per heavy atom. The van der Waals surface area contributed by atoms with Crippen LogP contribution in [0.25, 0.3) is 0 Å². The fourth-order valence-corrected chi connectivity index (χ4v) is 1.49. The van der Waals surface area contributed by atoms with E-state index in [1.165, 1.54) is 18.2 Å². The lowest BCUT2D eigenvalue weighted by Crippen LogP contribution is -2.30. The maximum atomic E-state index is 10.8. The molecule has 6 nitrogen and oxygen atoms in total. The largest absolute Gasteiger partial charge is 0.478 e. The minimum absolute atomic E-state index is 0.0184. The molecule has 0 radical (unpaired) electrons. The molecule has 2 unspecified atom stereocenters. The van der Waals surface area contributed by atoms with Crippen LogP contribution in [0.4, 0.5) is 5.69 Å². The Morgan fingerprint density at radius 1 is 1.47 bits per heavy atom. The maximum absolute atomic E-state index is 10.8. The Labute approximate surface area is 98.7 Å². The molecule has 0 fully saturated rings. The Morgan fingerprint density at radius 3 is 2.65 bits per heavy atom. The summed E-state index contributed by atoms with van der Waals surface area (Å²) in [6.45, 7) is 0.178. The number of carboxylic acid groups (broad SMARTS) is 1. The van der Waals surface area contributed by atoms with E-state index in [-0.39, 0.29) is 23.4 Å². The van der Waals surface area contributed by atoms with Crippen molar-refractivity contribution in [3.05, 3.63) is 29.3 Å². The van der Waals surface area contributed by atoms with Crippen LogP contribution in [0.1, 0.15) is 22.0 Å². The minimum atomic E-state index is -1.22. The highest BCUT2D eigenvalue weighted by Crippen LogP contribution is 2.24. The third-order valence-corrected chi connectivity index (χ3v) is 2.43. The summed E-state index contributed by atoms with van der Waals surface area (Å²) in [7, 11) is 1.63. The molecule has 0 aliphatic carbocycles. The molecule has 6 N–H and O–H groups in total. The van der Waals surface area contributed by atoms with Gasteiger partial charge in [-0.1, -0.05) is 0 Å². The molecule has 6 heteroatoms. The van der Waals surface area contributed by atoms with Gasteiger partial charge in [0.15, 0.2) is 0 Å². The number of aromatic carboxylic acids is 1. The van der Waals surface area contributed by atoms with Crippen molar-refractivity contribution in [2.45, 2.75) is 12.2 Å². The van der Waals surface area contributed by atoms with Crippen molar-refractivity contribution in [1.82, 2.24) is 5.32 Å². The highest BCUT2D eigenvalue weighted by molar-refractivity contribution is 5.88. The number of nitrogen functional groups attached to an aromatic ring is 1. The van der Waals surface area contributed by atoms with Gasteiger partial charge in [0.05, 0.1) is 11.7 Å². The third-order valence-electron chi connectivity index (χ3n) is 2.43. The molecule has 17 heavy (non-hydrogen) atoms. The van der Waals surface area contributed by atoms with Crippen LogP contribution in [0.5, 0.6) is 0 Å². The van der Waals surface area contributed by atoms with Crippen LogP contribution in [0.2, 0.25) is 0 Å². The fourth-order valence-electron chi connectivity index (χ4n) is 1.49. The van der Waals surface area contributed by atoms with Gasteiger partial charge in [0.2, 0.25) is 0 Å². The number of rotatable bonds is 5. The highest BCUT2D eigenvalue weighted by Gasteiger charge is 2.21. The molecule has 0 aliphatic heterocycles. The molecule has 0 bridgehead atoms. The number of hydrogen-bond donors (Lipinski definition) is 5. The van der Waals surface area contributed by atoms with Crippen molar-refractivity contribution in [3.63, 3.8) is 0 Å². The lowest BCUT2D eigenvalue weighted by atomic mass is 10.00. The molecule has 94 valence electrons. The van der Waals surface area contributed by atoms with E-state index in [0.29, 0.717) is 0 Å². The van der Waals surface area contributed by atoms with Crippen molar-refractivity contribution in [1.29, 1.82) is 0 Å². The second kappa shape index (κ2) is 5.62. The second-order valence-corrected chi connectivity index (χ2v) is 3.72. The number of aliphatic hydroxyl groups excluding tert-OH is 2. The number of likely N-dealkylation sites (N-methyl/N-ethyl adjacent to an activating group) is 1. The number of nitrogens with one attached hydrogen (secondary N) is 1. The lowest BCUT2D eigenvalue weighted by Gasteiger charge is -2.19. The molecule has 0 saturated heterocycles. The Balaban J connectivity index is 3.03. The molecule has 0 aromatic heterocycles. The molecule has 0 spiro atoms. The van der Waals surface area contributed by atoms with Crippen molar-refractivity contribution in [3.8, 4) is 0 Å². The zero-order chi connectivity index (χ0) is 13.0. The minimum Gasteiger partial charge on any atom is -0.478 e. The molecule has 0 saturated carbocycles.